The van der Waals surface area contributed by atoms with Gasteiger partial charge in [-0.15, -0.1) is 0 Å². The number of hydrogen-bond donors (Lipinski definition) is 2. The van der Waals surface area contributed by atoms with Crippen LogP contribution in [0.5, 0.6) is 0 Å². The molecule has 178 valence electrons. The maximum atomic E-state index is 12.9. The number of likely N-dealkylation sites (tertiary alicyclic amines) is 1. The van der Waals surface area contributed by atoms with Crippen LogP contribution in [0.2, 0.25) is 0 Å². The molecule has 1 atom stereocenters. The summed E-state index contributed by atoms with van der Waals surface area (Å²) >= 11 is 0. The summed E-state index contributed by atoms with van der Waals surface area (Å²) in [5.41, 5.74) is 0.432. The minimum atomic E-state index is -3.66. The van der Waals surface area contributed by atoms with Crippen LogP contribution < -0.4 is 10.0 Å². The number of piperidine rings is 1. The zero-order valence-corrected chi connectivity index (χ0v) is 19.4. The van der Waals surface area contributed by atoms with E-state index in [1.54, 1.807) is 24.0 Å². The standard InChI is InChI=1S/C23H29N3O6S/c1-16-4-9-21(32-16)22(27)25-18-10-12-26(13-11-18)23(28)17-5-7-20(8-6-17)33(29,30)24-15-19-3-2-14-31-19/h4-9,18-19,24H,2-3,10-15H2,1H3,(H,25,27). The van der Waals surface area contributed by atoms with Crippen molar-refractivity contribution >= 4 is 21.8 Å². The normalized spacial score (nSPS) is 19.5. The van der Waals surface area contributed by atoms with Gasteiger partial charge in [0.1, 0.15) is 5.76 Å². The van der Waals surface area contributed by atoms with E-state index in [1.807, 2.05) is 0 Å². The van der Waals surface area contributed by atoms with Gasteiger partial charge in [-0.2, -0.15) is 0 Å². The molecule has 1 unspecified atom stereocenters. The fourth-order valence-corrected chi connectivity index (χ4v) is 5.16. The molecule has 2 N–H and O–H groups in total. The second-order valence-corrected chi connectivity index (χ2v) is 10.2. The zero-order valence-electron chi connectivity index (χ0n) is 18.6. The quantitative estimate of drug-likeness (QED) is 0.633. The highest BCUT2D eigenvalue weighted by atomic mass is 32.2. The van der Waals surface area contributed by atoms with Crippen LogP contribution in [0.3, 0.4) is 0 Å². The van der Waals surface area contributed by atoms with Crippen LogP contribution in [0, 0.1) is 6.92 Å². The largest absolute Gasteiger partial charge is 0.456 e. The number of benzene rings is 1. The van der Waals surface area contributed by atoms with Crippen LogP contribution in [0.4, 0.5) is 0 Å². The molecule has 0 bridgehead atoms. The summed E-state index contributed by atoms with van der Waals surface area (Å²) in [4.78, 5) is 26.9. The molecule has 4 rings (SSSR count). The zero-order chi connectivity index (χ0) is 23.4. The number of amides is 2. The third-order valence-corrected chi connectivity index (χ3v) is 7.46. The molecule has 2 aromatic rings. The van der Waals surface area contributed by atoms with Crippen LogP contribution in [-0.2, 0) is 14.8 Å². The van der Waals surface area contributed by atoms with Gasteiger partial charge in [-0.05, 0) is 69.0 Å². The van der Waals surface area contributed by atoms with E-state index < -0.39 is 10.0 Å². The number of aryl methyl sites for hydroxylation is 1. The van der Waals surface area contributed by atoms with Gasteiger partial charge in [-0.3, -0.25) is 9.59 Å². The van der Waals surface area contributed by atoms with Crippen LogP contribution in [0.15, 0.2) is 45.7 Å². The molecule has 0 spiro atoms. The number of ether oxygens (including phenoxy) is 1. The summed E-state index contributed by atoms with van der Waals surface area (Å²) < 4.78 is 38.4. The average molecular weight is 476 g/mol. The molecule has 2 aliphatic heterocycles. The van der Waals surface area contributed by atoms with Crippen molar-refractivity contribution in [2.75, 3.05) is 26.2 Å². The molecule has 3 heterocycles. The van der Waals surface area contributed by atoms with Gasteiger partial charge in [-0.1, -0.05) is 0 Å². The summed E-state index contributed by atoms with van der Waals surface area (Å²) in [6, 6.07) is 9.33. The maximum Gasteiger partial charge on any atom is 0.287 e. The Hall–Kier alpha value is -2.69. The lowest BCUT2D eigenvalue weighted by atomic mass is 10.0. The van der Waals surface area contributed by atoms with E-state index in [0.29, 0.717) is 43.9 Å². The lowest BCUT2D eigenvalue weighted by Gasteiger charge is -2.32. The van der Waals surface area contributed by atoms with E-state index in [9.17, 15) is 18.0 Å². The van der Waals surface area contributed by atoms with Crippen LogP contribution in [-0.4, -0.2) is 63.5 Å². The van der Waals surface area contributed by atoms with Crippen molar-refractivity contribution in [3.8, 4) is 0 Å². The van der Waals surface area contributed by atoms with Gasteiger partial charge in [0.2, 0.25) is 10.0 Å². The Balaban J connectivity index is 1.28. The Morgan fingerprint density at radius 2 is 1.79 bits per heavy atom. The number of rotatable bonds is 7. The summed E-state index contributed by atoms with van der Waals surface area (Å²) in [6.07, 6.45) is 2.97. The van der Waals surface area contributed by atoms with Gasteiger partial charge in [0, 0.05) is 37.8 Å². The third kappa shape index (κ3) is 5.82. The highest BCUT2D eigenvalue weighted by molar-refractivity contribution is 7.89. The SMILES string of the molecule is Cc1ccc(C(=O)NC2CCN(C(=O)c3ccc(S(=O)(=O)NCC4CCCO4)cc3)CC2)o1. The second kappa shape index (κ2) is 10.1. The highest BCUT2D eigenvalue weighted by Crippen LogP contribution is 2.18. The first-order valence-corrected chi connectivity index (χ1v) is 12.7. The number of nitrogens with one attached hydrogen (secondary N) is 2. The van der Waals surface area contributed by atoms with Crippen LogP contribution >= 0.6 is 0 Å². The van der Waals surface area contributed by atoms with E-state index >= 15 is 0 Å². The molecule has 9 nitrogen and oxygen atoms in total. The van der Waals surface area contributed by atoms with Crippen molar-refractivity contribution in [1.82, 2.24) is 14.9 Å². The number of furan rings is 1. The van der Waals surface area contributed by atoms with Gasteiger partial charge in [0.05, 0.1) is 11.0 Å². The Kier molecular flexibility index (Phi) is 7.16. The van der Waals surface area contributed by atoms with Crippen molar-refractivity contribution in [3.05, 3.63) is 53.5 Å². The molecular weight excluding hydrogens is 446 g/mol. The lowest BCUT2D eigenvalue weighted by Crippen LogP contribution is -2.46. The molecule has 2 saturated heterocycles. The molecule has 1 aromatic heterocycles. The second-order valence-electron chi connectivity index (χ2n) is 8.46. The predicted molar refractivity (Wildman–Crippen MR) is 120 cm³/mol. The van der Waals surface area contributed by atoms with Crippen molar-refractivity contribution in [3.63, 3.8) is 0 Å². The first kappa shape index (κ1) is 23.5. The summed E-state index contributed by atoms with van der Waals surface area (Å²) in [5.74, 6) is 0.555. The maximum absolute atomic E-state index is 12.9. The molecular formula is C23H29N3O6S. The number of hydrogen-bond acceptors (Lipinski definition) is 6. The topological polar surface area (TPSA) is 118 Å². The summed E-state index contributed by atoms with van der Waals surface area (Å²) in [5, 5.41) is 2.95. The molecule has 10 heteroatoms. The number of carbonyl (C=O) groups is 2. The fourth-order valence-electron chi connectivity index (χ4n) is 4.09. The molecule has 0 radical (unpaired) electrons. The van der Waals surface area contributed by atoms with E-state index in [-0.39, 0.29) is 41.2 Å². The third-order valence-electron chi connectivity index (χ3n) is 6.02. The smallest absolute Gasteiger partial charge is 0.287 e. The van der Waals surface area contributed by atoms with Gasteiger partial charge in [0.25, 0.3) is 11.8 Å². The van der Waals surface area contributed by atoms with Crippen molar-refractivity contribution < 1.29 is 27.2 Å². The van der Waals surface area contributed by atoms with Gasteiger partial charge in [-0.25, -0.2) is 13.1 Å². The molecule has 1 aromatic carbocycles. The average Bonchev–Trinajstić information content (AvgIpc) is 3.50. The van der Waals surface area contributed by atoms with E-state index in [4.69, 9.17) is 9.15 Å². The van der Waals surface area contributed by atoms with E-state index in [1.165, 1.54) is 24.3 Å². The predicted octanol–water partition coefficient (Wildman–Crippen LogP) is 2.08. The molecule has 2 amide bonds. The minimum absolute atomic E-state index is 0.0330. The first-order chi connectivity index (χ1) is 15.8. The van der Waals surface area contributed by atoms with Gasteiger partial charge < -0.3 is 19.4 Å². The molecule has 0 aliphatic carbocycles. The van der Waals surface area contributed by atoms with Crippen LogP contribution in [0.25, 0.3) is 0 Å². The molecule has 2 aliphatic rings. The lowest BCUT2D eigenvalue weighted by molar-refractivity contribution is 0.0695. The Morgan fingerprint density at radius 1 is 1.06 bits per heavy atom. The number of carbonyl (C=O) groups excluding carboxylic acids is 2. The Labute approximate surface area is 193 Å². The Bertz CT molecular complexity index is 1080. The van der Waals surface area contributed by atoms with E-state index in [0.717, 1.165) is 12.8 Å². The summed E-state index contributed by atoms with van der Waals surface area (Å²) in [7, 11) is -3.66. The van der Waals surface area contributed by atoms with Gasteiger partial charge in [0.15, 0.2) is 5.76 Å². The monoisotopic (exact) mass is 475 g/mol. The molecule has 0 saturated carbocycles. The number of nitrogens with zero attached hydrogens (tertiary/aromatic N) is 1. The van der Waals surface area contributed by atoms with Crippen molar-refractivity contribution in [2.24, 2.45) is 0 Å². The van der Waals surface area contributed by atoms with Crippen LogP contribution in [0.1, 0.15) is 52.4 Å². The first-order valence-electron chi connectivity index (χ1n) is 11.2. The minimum Gasteiger partial charge on any atom is -0.456 e. The molecule has 33 heavy (non-hydrogen) atoms. The Morgan fingerprint density at radius 3 is 2.39 bits per heavy atom. The van der Waals surface area contributed by atoms with Crippen molar-refractivity contribution in [1.29, 1.82) is 0 Å². The molecule has 2 fully saturated rings. The van der Waals surface area contributed by atoms with E-state index in [2.05, 4.69) is 10.0 Å². The van der Waals surface area contributed by atoms with Gasteiger partial charge >= 0.3 is 0 Å². The summed E-state index contributed by atoms with van der Waals surface area (Å²) in [6.45, 7) is 3.70. The fraction of sp³-hybridized carbons (Fsp3) is 0.478. The number of sulfonamides is 1. The van der Waals surface area contributed by atoms with Crippen molar-refractivity contribution in [2.45, 2.75) is 49.6 Å². The highest BCUT2D eigenvalue weighted by Gasteiger charge is 2.26.